The van der Waals surface area contributed by atoms with E-state index in [1.165, 1.54) is 36.2 Å². The highest BCUT2D eigenvalue weighted by Crippen LogP contribution is 2.64. The smallest absolute Gasteiger partial charge is 0.308 e. The van der Waals surface area contributed by atoms with E-state index in [-0.39, 0.29) is 23.2 Å². The number of carbonyl (C=O) groups excluding carboxylic acids is 1. The molecule has 7 heteroatoms. The Morgan fingerprint density at radius 3 is 2.61 bits per heavy atom. The third-order valence-electron chi connectivity index (χ3n) is 8.25. The van der Waals surface area contributed by atoms with Crippen molar-refractivity contribution < 1.29 is 4.79 Å². The molecule has 2 fully saturated rings. The monoisotopic (exact) mass is 532 g/mol. The van der Waals surface area contributed by atoms with Crippen molar-refractivity contribution in [1.82, 2.24) is 4.57 Å². The summed E-state index contributed by atoms with van der Waals surface area (Å²) in [5, 5.41) is 7.43. The molecule has 2 saturated carbocycles. The summed E-state index contributed by atoms with van der Waals surface area (Å²) in [6, 6.07) is 22.1. The van der Waals surface area contributed by atoms with Gasteiger partial charge in [0.15, 0.2) is 0 Å². The summed E-state index contributed by atoms with van der Waals surface area (Å²) in [6.07, 6.45) is 3.85. The summed E-state index contributed by atoms with van der Waals surface area (Å²) in [5.74, 6) is 1.97. The number of aromatic nitrogens is 1. The first-order valence-electron chi connectivity index (χ1n) is 12.5. The van der Waals surface area contributed by atoms with E-state index in [2.05, 4.69) is 23.5 Å². The van der Waals surface area contributed by atoms with Gasteiger partial charge in [-0.05, 0) is 77.6 Å². The minimum Gasteiger partial charge on any atom is -0.325 e. The molecule has 0 spiro atoms. The van der Waals surface area contributed by atoms with Crippen molar-refractivity contribution in [3.8, 4) is 0 Å². The summed E-state index contributed by atoms with van der Waals surface area (Å²) in [5.41, 5.74) is 1.98. The van der Waals surface area contributed by atoms with E-state index in [9.17, 15) is 9.59 Å². The van der Waals surface area contributed by atoms with Crippen LogP contribution in [0.5, 0.6) is 0 Å². The van der Waals surface area contributed by atoms with Crippen LogP contribution in [0.15, 0.2) is 76.6 Å². The van der Waals surface area contributed by atoms with Crippen molar-refractivity contribution >= 4 is 57.1 Å². The van der Waals surface area contributed by atoms with Crippen LogP contribution < -0.4 is 10.2 Å². The number of nitrogens with zero attached hydrogens (tertiary/aromatic N) is 1. The highest BCUT2D eigenvalue weighted by atomic mass is 35.5. The molecular weight excluding hydrogens is 508 g/mol. The molecule has 4 aromatic rings. The molecule has 2 aliphatic carbocycles. The van der Waals surface area contributed by atoms with Gasteiger partial charge in [-0.25, -0.2) is 0 Å². The fourth-order valence-electron chi connectivity index (χ4n) is 6.74. The van der Waals surface area contributed by atoms with Crippen LogP contribution in [0.1, 0.15) is 35.6 Å². The third-order valence-corrected chi connectivity index (χ3v) is 11.3. The maximum atomic E-state index is 13.3. The van der Waals surface area contributed by atoms with E-state index >= 15 is 0 Å². The first kappa shape index (κ1) is 22.6. The maximum absolute atomic E-state index is 13.3. The van der Waals surface area contributed by atoms with E-state index in [4.69, 9.17) is 11.6 Å². The molecular formula is C29H25ClN2O2S2. The lowest BCUT2D eigenvalue weighted by Gasteiger charge is -2.40. The fraction of sp³-hybridized carbons (Fsp3) is 0.310. The van der Waals surface area contributed by atoms with Crippen LogP contribution in [0.4, 0.5) is 5.69 Å². The molecule has 1 N–H and O–H groups in total. The first-order valence-corrected chi connectivity index (χ1v) is 14.6. The zero-order chi connectivity index (χ0) is 24.4. The molecule has 0 saturated heterocycles. The lowest BCUT2D eigenvalue weighted by atomic mass is 9.75. The number of nitrogens with one attached hydrogen (secondary N) is 1. The van der Waals surface area contributed by atoms with Crippen molar-refractivity contribution in [1.29, 1.82) is 0 Å². The largest absolute Gasteiger partial charge is 0.325 e. The van der Waals surface area contributed by atoms with Crippen LogP contribution in [0.25, 0.3) is 10.8 Å². The highest BCUT2D eigenvalue weighted by molar-refractivity contribution is 8.00. The first-order chi connectivity index (χ1) is 17.5. The fourth-order valence-corrected chi connectivity index (χ4v) is 10.0. The quantitative estimate of drug-likeness (QED) is 0.307. The van der Waals surface area contributed by atoms with E-state index in [0.29, 0.717) is 23.0 Å². The molecule has 1 amide bonds. The Morgan fingerprint density at radius 2 is 1.78 bits per heavy atom. The van der Waals surface area contributed by atoms with Gasteiger partial charge in [-0.1, -0.05) is 65.4 Å². The second kappa shape index (κ2) is 8.79. The number of thioether (sulfide) groups is 1. The summed E-state index contributed by atoms with van der Waals surface area (Å²) < 4.78 is 1.71. The molecule has 2 bridgehead atoms. The number of benzene rings is 3. The van der Waals surface area contributed by atoms with Gasteiger partial charge in [-0.2, -0.15) is 0 Å². The molecule has 5 atom stereocenters. The van der Waals surface area contributed by atoms with Crippen molar-refractivity contribution in [2.24, 2.45) is 17.8 Å². The van der Waals surface area contributed by atoms with Gasteiger partial charge in [-0.15, -0.1) is 11.8 Å². The second-order valence-corrected chi connectivity index (χ2v) is 12.9. The number of thiazole rings is 1. The number of hydrogen-bond donors (Lipinski definition) is 1. The molecule has 3 aliphatic rings. The number of rotatable bonds is 4. The van der Waals surface area contributed by atoms with Gasteiger partial charge >= 0.3 is 4.87 Å². The Morgan fingerprint density at radius 1 is 1.00 bits per heavy atom. The average Bonchev–Trinajstić information content (AvgIpc) is 3.58. The molecule has 0 radical (unpaired) electrons. The zero-order valence-corrected chi connectivity index (χ0v) is 21.9. The molecule has 7 rings (SSSR count). The Hall–Kier alpha value is -2.54. The Balaban J connectivity index is 1.22. The van der Waals surface area contributed by atoms with Gasteiger partial charge < -0.3 is 5.32 Å². The number of halogens is 1. The van der Waals surface area contributed by atoms with Gasteiger partial charge in [0.05, 0.1) is 5.03 Å². The van der Waals surface area contributed by atoms with E-state index in [0.717, 1.165) is 31.4 Å². The molecule has 4 unspecified atom stereocenters. The van der Waals surface area contributed by atoms with Gasteiger partial charge in [0.1, 0.15) is 6.54 Å². The zero-order valence-electron chi connectivity index (χ0n) is 19.5. The summed E-state index contributed by atoms with van der Waals surface area (Å²) in [6.45, 7) is 0.0311. The standard InChI is InChI=1S/C29H25ClN2O2S2/c30-21-10-7-17(8-11-21)24-25-19-5-6-20(13-19)26(25)35-28-27(24)36-29(34)32(28)15-23(33)31-22-12-9-16-3-1-2-4-18(16)14-22/h1-4,7-12,14,19-20,24-26H,5-6,13,15H2,(H,31,33)/t19?,20?,24-,25?,26?/m0/s1. The van der Waals surface area contributed by atoms with Crippen molar-refractivity contribution in [3.63, 3.8) is 0 Å². The van der Waals surface area contributed by atoms with Crippen LogP contribution in [0.2, 0.25) is 5.02 Å². The molecule has 182 valence electrons. The summed E-state index contributed by atoms with van der Waals surface area (Å²) in [4.78, 5) is 27.4. The minimum atomic E-state index is -0.174. The van der Waals surface area contributed by atoms with Crippen LogP contribution in [-0.4, -0.2) is 15.7 Å². The lowest BCUT2D eigenvalue weighted by Crippen LogP contribution is -2.34. The molecule has 2 heterocycles. The third kappa shape index (κ3) is 3.73. The van der Waals surface area contributed by atoms with Crippen LogP contribution in [0.3, 0.4) is 0 Å². The molecule has 3 aromatic carbocycles. The number of amides is 1. The van der Waals surface area contributed by atoms with Gasteiger partial charge in [0.2, 0.25) is 5.91 Å². The van der Waals surface area contributed by atoms with Crippen molar-refractivity contribution in [2.75, 3.05) is 5.32 Å². The topological polar surface area (TPSA) is 51.1 Å². The van der Waals surface area contributed by atoms with E-state index < -0.39 is 0 Å². The predicted molar refractivity (Wildman–Crippen MR) is 148 cm³/mol. The van der Waals surface area contributed by atoms with Crippen molar-refractivity contribution in [2.45, 2.75) is 42.0 Å². The van der Waals surface area contributed by atoms with Crippen LogP contribution >= 0.6 is 34.7 Å². The number of fused-ring (bicyclic) bond motifs is 7. The molecule has 1 aliphatic heterocycles. The molecule has 4 nitrogen and oxygen atoms in total. The normalized spacial score (nSPS) is 26.1. The summed E-state index contributed by atoms with van der Waals surface area (Å²) >= 11 is 9.39. The van der Waals surface area contributed by atoms with Crippen LogP contribution in [-0.2, 0) is 11.3 Å². The van der Waals surface area contributed by atoms with Gasteiger partial charge in [0, 0.05) is 26.8 Å². The average molecular weight is 533 g/mol. The van der Waals surface area contributed by atoms with Gasteiger partial charge in [-0.3, -0.25) is 14.2 Å². The highest BCUT2D eigenvalue weighted by Gasteiger charge is 2.55. The Labute approximate surface area is 222 Å². The van der Waals surface area contributed by atoms with Crippen molar-refractivity contribution in [3.05, 3.63) is 91.9 Å². The number of carbonyl (C=O) groups is 1. The summed E-state index contributed by atoms with van der Waals surface area (Å²) in [7, 11) is 0. The second-order valence-electron chi connectivity index (χ2n) is 10.3. The predicted octanol–water partition coefficient (Wildman–Crippen LogP) is 7.01. The molecule has 1 aromatic heterocycles. The van der Waals surface area contributed by atoms with E-state index in [1.807, 2.05) is 60.3 Å². The van der Waals surface area contributed by atoms with E-state index in [1.54, 1.807) is 4.57 Å². The lowest BCUT2D eigenvalue weighted by molar-refractivity contribution is -0.116. The minimum absolute atomic E-state index is 0.0311. The number of anilines is 1. The SMILES string of the molecule is O=C(Cn1c2c(sc1=O)[C@@H](c1ccc(Cl)cc1)C1C3CCC(C3)C1S2)Nc1ccc2ccccc2c1. The Bertz CT molecular complexity index is 1540. The van der Waals surface area contributed by atoms with Crippen LogP contribution in [0, 0.1) is 17.8 Å². The molecule has 36 heavy (non-hydrogen) atoms. The maximum Gasteiger partial charge on any atom is 0.308 e. The Kier molecular flexibility index (Phi) is 5.53. The number of hydrogen-bond acceptors (Lipinski definition) is 4. The van der Waals surface area contributed by atoms with Gasteiger partial charge in [0.25, 0.3) is 0 Å².